The Kier molecular flexibility index (Phi) is 6.38. The number of pyridine rings is 2. The normalized spacial score (nSPS) is 16.4. The predicted octanol–water partition coefficient (Wildman–Crippen LogP) is 2.64. The Morgan fingerprint density at radius 1 is 1.16 bits per heavy atom. The van der Waals surface area contributed by atoms with Crippen molar-refractivity contribution >= 4 is 29.0 Å². The molecule has 0 spiro atoms. The van der Waals surface area contributed by atoms with Crippen LogP contribution in [0.2, 0.25) is 0 Å². The molecule has 11 heteroatoms. The maximum atomic E-state index is 13.2. The molecule has 1 saturated heterocycles. The Hall–Kier alpha value is -3.89. The minimum atomic E-state index is -0.520. The number of ether oxygens (including phenoxy) is 2. The third-order valence-corrected chi connectivity index (χ3v) is 6.61. The Bertz CT molecular complexity index is 1400. The van der Waals surface area contributed by atoms with Crippen LogP contribution in [-0.2, 0) is 16.1 Å². The van der Waals surface area contributed by atoms with E-state index in [1.165, 1.54) is 9.08 Å². The van der Waals surface area contributed by atoms with Gasteiger partial charge in [0.25, 0.3) is 5.91 Å². The Balaban J connectivity index is 1.31. The first-order valence-corrected chi connectivity index (χ1v) is 12.7. The number of hydrogen-bond acceptors (Lipinski definition) is 8. The molecular weight excluding hydrogens is 476 g/mol. The average Bonchev–Trinajstić information content (AvgIpc) is 3.21. The molecule has 0 radical (unpaired) electrons. The SMILES string of the molecule is CCn1nc2cc(N3CCOc4cc(C(=O)N5CCC(C(=O)OC(C)(C)C)CC5)cnc43)ccn2c1=O. The summed E-state index contributed by atoms with van der Waals surface area (Å²) >= 11 is 0. The van der Waals surface area contributed by atoms with Gasteiger partial charge in [0.05, 0.1) is 18.0 Å². The first kappa shape index (κ1) is 24.8. The van der Waals surface area contributed by atoms with E-state index in [1.807, 2.05) is 44.7 Å². The molecule has 37 heavy (non-hydrogen) atoms. The van der Waals surface area contributed by atoms with Crippen molar-refractivity contribution in [2.24, 2.45) is 5.92 Å². The fraction of sp³-hybridized carbons (Fsp3) is 0.500. The van der Waals surface area contributed by atoms with E-state index in [1.54, 1.807) is 23.4 Å². The van der Waals surface area contributed by atoms with Crippen LogP contribution in [0.4, 0.5) is 11.5 Å². The van der Waals surface area contributed by atoms with Crippen molar-refractivity contribution in [2.75, 3.05) is 31.1 Å². The maximum absolute atomic E-state index is 13.2. The molecule has 0 aliphatic carbocycles. The van der Waals surface area contributed by atoms with Gasteiger partial charge in [0.15, 0.2) is 17.2 Å². The number of rotatable bonds is 4. The Labute approximate surface area is 214 Å². The van der Waals surface area contributed by atoms with Gasteiger partial charge in [-0.2, -0.15) is 0 Å². The summed E-state index contributed by atoms with van der Waals surface area (Å²) in [5.74, 6) is 0.599. The highest BCUT2D eigenvalue weighted by Crippen LogP contribution is 2.36. The Morgan fingerprint density at radius 2 is 1.92 bits per heavy atom. The third kappa shape index (κ3) is 4.90. The molecule has 5 rings (SSSR count). The van der Waals surface area contributed by atoms with E-state index in [0.29, 0.717) is 68.4 Å². The minimum Gasteiger partial charge on any atom is -0.488 e. The molecule has 0 unspecified atom stereocenters. The lowest BCUT2D eigenvalue weighted by Gasteiger charge is -2.33. The van der Waals surface area contributed by atoms with Crippen molar-refractivity contribution in [3.8, 4) is 5.75 Å². The first-order chi connectivity index (χ1) is 17.6. The highest BCUT2D eigenvalue weighted by atomic mass is 16.6. The second kappa shape index (κ2) is 9.53. The monoisotopic (exact) mass is 508 g/mol. The van der Waals surface area contributed by atoms with Gasteiger partial charge in [0.1, 0.15) is 12.2 Å². The third-order valence-electron chi connectivity index (χ3n) is 6.61. The van der Waals surface area contributed by atoms with Crippen molar-refractivity contribution in [1.82, 2.24) is 24.1 Å². The molecule has 1 fully saturated rings. The zero-order chi connectivity index (χ0) is 26.3. The van der Waals surface area contributed by atoms with Gasteiger partial charge in [-0.25, -0.2) is 14.5 Å². The highest BCUT2D eigenvalue weighted by Gasteiger charge is 2.32. The van der Waals surface area contributed by atoms with Gasteiger partial charge in [-0.15, -0.1) is 5.10 Å². The molecule has 2 aliphatic heterocycles. The van der Waals surface area contributed by atoms with Crippen LogP contribution in [0.25, 0.3) is 5.65 Å². The number of esters is 1. The molecule has 11 nitrogen and oxygen atoms in total. The summed E-state index contributed by atoms with van der Waals surface area (Å²) in [4.78, 5) is 46.3. The topological polar surface area (TPSA) is 111 Å². The van der Waals surface area contributed by atoms with Crippen molar-refractivity contribution in [2.45, 2.75) is 52.7 Å². The average molecular weight is 509 g/mol. The van der Waals surface area contributed by atoms with Crippen LogP contribution >= 0.6 is 0 Å². The number of aryl methyl sites for hydroxylation is 1. The number of piperidine rings is 1. The van der Waals surface area contributed by atoms with Crippen LogP contribution in [0, 0.1) is 5.92 Å². The lowest BCUT2D eigenvalue weighted by Crippen LogP contribution is -2.41. The quantitative estimate of drug-likeness (QED) is 0.495. The molecule has 5 heterocycles. The summed E-state index contributed by atoms with van der Waals surface area (Å²) in [5.41, 5.74) is 1.14. The van der Waals surface area contributed by atoms with Gasteiger partial charge in [-0.3, -0.25) is 14.0 Å². The van der Waals surface area contributed by atoms with Gasteiger partial charge < -0.3 is 19.3 Å². The van der Waals surface area contributed by atoms with E-state index in [-0.39, 0.29) is 23.5 Å². The molecule has 196 valence electrons. The maximum Gasteiger partial charge on any atom is 0.350 e. The fourth-order valence-electron chi connectivity index (χ4n) is 4.73. The summed E-state index contributed by atoms with van der Waals surface area (Å²) in [6.07, 6.45) is 4.42. The molecule has 0 bridgehead atoms. The largest absolute Gasteiger partial charge is 0.488 e. The fourth-order valence-corrected chi connectivity index (χ4v) is 4.73. The summed E-state index contributed by atoms with van der Waals surface area (Å²) < 4.78 is 14.3. The smallest absolute Gasteiger partial charge is 0.350 e. The molecule has 0 aromatic carbocycles. The summed E-state index contributed by atoms with van der Waals surface area (Å²) in [7, 11) is 0. The second-order valence-electron chi connectivity index (χ2n) is 10.4. The lowest BCUT2D eigenvalue weighted by atomic mass is 9.96. The number of likely N-dealkylation sites (tertiary alicyclic amines) is 1. The molecule has 1 amide bonds. The standard InChI is InChI=1S/C26H32N6O5/c1-5-32-25(35)31-11-8-19(15-21(31)28-32)30-12-13-36-20-14-18(16-27-22(20)30)23(33)29-9-6-17(7-10-29)24(34)37-26(2,3)4/h8,11,14-17H,5-7,9-10,12-13H2,1-4H3. The van der Waals surface area contributed by atoms with Crippen molar-refractivity contribution in [1.29, 1.82) is 0 Å². The number of aromatic nitrogens is 4. The second-order valence-corrected chi connectivity index (χ2v) is 10.4. The number of amides is 1. The molecular formula is C26H32N6O5. The minimum absolute atomic E-state index is 0.135. The number of anilines is 2. The number of carbonyl (C=O) groups is 2. The Morgan fingerprint density at radius 3 is 2.62 bits per heavy atom. The summed E-state index contributed by atoms with van der Waals surface area (Å²) in [6.45, 7) is 9.90. The van der Waals surface area contributed by atoms with Crippen LogP contribution in [0.15, 0.2) is 35.4 Å². The highest BCUT2D eigenvalue weighted by molar-refractivity contribution is 5.95. The predicted molar refractivity (Wildman–Crippen MR) is 136 cm³/mol. The lowest BCUT2D eigenvalue weighted by molar-refractivity contribution is -0.161. The van der Waals surface area contributed by atoms with Crippen molar-refractivity contribution in [3.05, 3.63) is 46.6 Å². The van der Waals surface area contributed by atoms with Crippen LogP contribution in [0.1, 0.15) is 50.9 Å². The van der Waals surface area contributed by atoms with Gasteiger partial charge in [-0.1, -0.05) is 0 Å². The zero-order valence-corrected chi connectivity index (χ0v) is 21.6. The van der Waals surface area contributed by atoms with Crippen molar-refractivity contribution in [3.63, 3.8) is 0 Å². The van der Waals surface area contributed by atoms with E-state index in [0.717, 1.165) is 5.69 Å². The van der Waals surface area contributed by atoms with Crippen molar-refractivity contribution < 1.29 is 19.1 Å². The van der Waals surface area contributed by atoms with E-state index < -0.39 is 5.60 Å². The number of fused-ring (bicyclic) bond motifs is 2. The number of carbonyl (C=O) groups excluding carboxylic acids is 2. The van der Waals surface area contributed by atoms with Crippen LogP contribution < -0.4 is 15.3 Å². The van der Waals surface area contributed by atoms with Gasteiger partial charge in [0, 0.05) is 43.8 Å². The van der Waals surface area contributed by atoms with E-state index >= 15 is 0 Å². The van der Waals surface area contributed by atoms with E-state index in [4.69, 9.17) is 9.47 Å². The molecule has 0 saturated carbocycles. The zero-order valence-electron chi connectivity index (χ0n) is 21.6. The van der Waals surface area contributed by atoms with Gasteiger partial charge >= 0.3 is 11.7 Å². The van der Waals surface area contributed by atoms with E-state index in [2.05, 4.69) is 10.1 Å². The summed E-state index contributed by atoms with van der Waals surface area (Å²) in [5, 5.41) is 4.37. The van der Waals surface area contributed by atoms with Crippen LogP contribution in [0.3, 0.4) is 0 Å². The van der Waals surface area contributed by atoms with Crippen LogP contribution in [-0.4, -0.2) is 67.8 Å². The molecule has 3 aromatic heterocycles. The molecule has 3 aromatic rings. The molecule has 2 aliphatic rings. The van der Waals surface area contributed by atoms with Gasteiger partial charge in [-0.05, 0) is 52.7 Å². The molecule has 0 atom stereocenters. The molecule has 0 N–H and O–H groups in total. The van der Waals surface area contributed by atoms with E-state index in [9.17, 15) is 14.4 Å². The van der Waals surface area contributed by atoms with Gasteiger partial charge in [0.2, 0.25) is 0 Å². The number of hydrogen-bond donors (Lipinski definition) is 0. The van der Waals surface area contributed by atoms with Crippen LogP contribution in [0.5, 0.6) is 5.75 Å². The number of nitrogens with zero attached hydrogens (tertiary/aromatic N) is 6. The summed E-state index contributed by atoms with van der Waals surface area (Å²) in [6, 6.07) is 5.42. The first-order valence-electron chi connectivity index (χ1n) is 12.7.